The van der Waals surface area contributed by atoms with E-state index in [-0.39, 0.29) is 0 Å². The SMILES string of the molecule is CCCc1nccn1CCC1CCCC1NCC. The first-order valence-corrected chi connectivity index (χ1v) is 7.58. The highest BCUT2D eigenvalue weighted by molar-refractivity contribution is 4.93. The molecule has 1 aliphatic rings. The van der Waals surface area contributed by atoms with Gasteiger partial charge in [-0.3, -0.25) is 0 Å². The standard InChI is InChI=1S/C15H27N3/c1-3-6-15-17-10-12-18(15)11-9-13-7-5-8-14(13)16-4-2/h10,12-14,16H,3-9,11H2,1-2H3. The summed E-state index contributed by atoms with van der Waals surface area (Å²) in [5.74, 6) is 2.12. The number of nitrogens with one attached hydrogen (secondary N) is 1. The highest BCUT2D eigenvalue weighted by Crippen LogP contribution is 2.28. The Bertz CT molecular complexity index is 345. The highest BCUT2D eigenvalue weighted by atomic mass is 15.1. The van der Waals surface area contributed by atoms with E-state index < -0.39 is 0 Å². The number of hydrogen-bond donors (Lipinski definition) is 1. The smallest absolute Gasteiger partial charge is 0.108 e. The Hall–Kier alpha value is -0.830. The average molecular weight is 249 g/mol. The van der Waals surface area contributed by atoms with Gasteiger partial charge in [-0.2, -0.15) is 0 Å². The molecule has 0 saturated heterocycles. The molecule has 0 aliphatic heterocycles. The van der Waals surface area contributed by atoms with Gasteiger partial charge < -0.3 is 9.88 Å². The van der Waals surface area contributed by atoms with Crippen LogP contribution >= 0.6 is 0 Å². The first-order chi connectivity index (χ1) is 8.85. The fourth-order valence-corrected chi connectivity index (χ4v) is 3.21. The zero-order chi connectivity index (χ0) is 12.8. The average Bonchev–Trinajstić information content (AvgIpc) is 2.97. The lowest BCUT2D eigenvalue weighted by Crippen LogP contribution is -2.32. The quantitative estimate of drug-likeness (QED) is 0.805. The molecule has 2 rings (SSSR count). The fourth-order valence-electron chi connectivity index (χ4n) is 3.21. The molecule has 0 aromatic carbocycles. The third-order valence-electron chi connectivity index (χ3n) is 4.14. The van der Waals surface area contributed by atoms with E-state index in [4.69, 9.17) is 0 Å². The van der Waals surface area contributed by atoms with Gasteiger partial charge in [-0.25, -0.2) is 4.98 Å². The molecule has 1 saturated carbocycles. The molecule has 0 bridgehead atoms. The van der Waals surface area contributed by atoms with E-state index in [9.17, 15) is 0 Å². The molecule has 3 nitrogen and oxygen atoms in total. The number of aromatic nitrogens is 2. The van der Waals surface area contributed by atoms with Crippen molar-refractivity contribution in [2.75, 3.05) is 6.54 Å². The molecule has 18 heavy (non-hydrogen) atoms. The summed E-state index contributed by atoms with van der Waals surface area (Å²) in [6.45, 7) is 6.68. The molecule has 0 amide bonds. The Kier molecular flexibility index (Phi) is 5.24. The van der Waals surface area contributed by atoms with Crippen LogP contribution in [0.15, 0.2) is 12.4 Å². The zero-order valence-corrected chi connectivity index (χ0v) is 11.9. The molecule has 1 N–H and O–H groups in total. The number of nitrogens with zero attached hydrogens (tertiary/aromatic N) is 2. The van der Waals surface area contributed by atoms with E-state index in [0.29, 0.717) is 0 Å². The van der Waals surface area contributed by atoms with Crippen molar-refractivity contribution in [1.29, 1.82) is 0 Å². The van der Waals surface area contributed by atoms with Crippen molar-refractivity contribution in [3.63, 3.8) is 0 Å². The minimum absolute atomic E-state index is 0.758. The lowest BCUT2D eigenvalue weighted by molar-refractivity contribution is 0.364. The van der Waals surface area contributed by atoms with Crippen LogP contribution in [-0.2, 0) is 13.0 Å². The third-order valence-corrected chi connectivity index (χ3v) is 4.14. The second-order valence-electron chi connectivity index (χ2n) is 5.43. The summed E-state index contributed by atoms with van der Waals surface area (Å²) in [5, 5.41) is 3.64. The van der Waals surface area contributed by atoms with Crippen LogP contribution in [0.1, 0.15) is 51.8 Å². The van der Waals surface area contributed by atoms with E-state index in [0.717, 1.165) is 31.5 Å². The van der Waals surface area contributed by atoms with Gasteiger partial charge in [0.05, 0.1) is 0 Å². The second kappa shape index (κ2) is 6.93. The van der Waals surface area contributed by atoms with Crippen LogP contribution in [0.5, 0.6) is 0 Å². The van der Waals surface area contributed by atoms with Crippen LogP contribution in [0.4, 0.5) is 0 Å². The van der Waals surface area contributed by atoms with Crippen LogP contribution in [0.25, 0.3) is 0 Å². The number of imidazole rings is 1. The van der Waals surface area contributed by atoms with Gasteiger partial charge in [0.25, 0.3) is 0 Å². The summed E-state index contributed by atoms with van der Waals surface area (Å²) in [4.78, 5) is 4.45. The maximum absolute atomic E-state index is 4.45. The molecule has 1 fully saturated rings. The minimum Gasteiger partial charge on any atom is -0.335 e. The summed E-state index contributed by atoms with van der Waals surface area (Å²) in [5.41, 5.74) is 0. The van der Waals surface area contributed by atoms with Gasteiger partial charge >= 0.3 is 0 Å². The van der Waals surface area contributed by atoms with Gasteiger partial charge in [0, 0.05) is 31.4 Å². The van der Waals surface area contributed by atoms with E-state index in [1.807, 2.05) is 6.20 Å². The largest absolute Gasteiger partial charge is 0.335 e. The first kappa shape index (κ1) is 13.6. The van der Waals surface area contributed by atoms with E-state index in [2.05, 4.69) is 34.9 Å². The van der Waals surface area contributed by atoms with Crippen molar-refractivity contribution in [1.82, 2.24) is 14.9 Å². The van der Waals surface area contributed by atoms with E-state index in [1.165, 1.54) is 37.9 Å². The van der Waals surface area contributed by atoms with E-state index in [1.54, 1.807) is 0 Å². The van der Waals surface area contributed by atoms with Crippen LogP contribution in [0.3, 0.4) is 0 Å². The fraction of sp³-hybridized carbons (Fsp3) is 0.800. The maximum Gasteiger partial charge on any atom is 0.108 e. The Balaban J connectivity index is 1.84. The second-order valence-corrected chi connectivity index (χ2v) is 5.43. The highest BCUT2D eigenvalue weighted by Gasteiger charge is 2.25. The van der Waals surface area contributed by atoms with Crippen LogP contribution < -0.4 is 5.32 Å². The van der Waals surface area contributed by atoms with Crippen molar-refractivity contribution in [2.24, 2.45) is 5.92 Å². The Morgan fingerprint density at radius 2 is 2.28 bits per heavy atom. The Morgan fingerprint density at radius 3 is 3.06 bits per heavy atom. The van der Waals surface area contributed by atoms with Gasteiger partial charge in [0.2, 0.25) is 0 Å². The van der Waals surface area contributed by atoms with Crippen molar-refractivity contribution >= 4 is 0 Å². The number of aryl methyl sites for hydroxylation is 2. The molecule has 3 heteroatoms. The maximum atomic E-state index is 4.45. The summed E-state index contributed by atoms with van der Waals surface area (Å²) < 4.78 is 2.35. The van der Waals surface area contributed by atoms with Gasteiger partial charge in [-0.05, 0) is 38.1 Å². The molecule has 1 aromatic rings. The Labute approximate surface area is 111 Å². The number of hydrogen-bond acceptors (Lipinski definition) is 2. The predicted octanol–water partition coefficient (Wildman–Crippen LogP) is 3.00. The summed E-state index contributed by atoms with van der Waals surface area (Å²) in [6, 6.07) is 0.758. The van der Waals surface area contributed by atoms with Gasteiger partial charge in [-0.15, -0.1) is 0 Å². The molecule has 1 aliphatic carbocycles. The lowest BCUT2D eigenvalue weighted by Gasteiger charge is -2.20. The minimum atomic E-state index is 0.758. The van der Waals surface area contributed by atoms with Crippen molar-refractivity contribution < 1.29 is 0 Å². The topological polar surface area (TPSA) is 29.9 Å². The van der Waals surface area contributed by atoms with Crippen LogP contribution in [0.2, 0.25) is 0 Å². The van der Waals surface area contributed by atoms with Crippen LogP contribution in [-0.4, -0.2) is 22.1 Å². The monoisotopic (exact) mass is 249 g/mol. The summed E-state index contributed by atoms with van der Waals surface area (Å²) in [6.07, 6.45) is 11.8. The molecular formula is C15H27N3. The Morgan fingerprint density at radius 1 is 1.39 bits per heavy atom. The normalized spacial score (nSPS) is 23.7. The molecule has 1 heterocycles. The molecule has 2 atom stereocenters. The first-order valence-electron chi connectivity index (χ1n) is 7.58. The lowest BCUT2D eigenvalue weighted by atomic mass is 9.99. The zero-order valence-electron chi connectivity index (χ0n) is 11.9. The summed E-state index contributed by atoms with van der Waals surface area (Å²) in [7, 11) is 0. The van der Waals surface area contributed by atoms with Crippen molar-refractivity contribution in [3.05, 3.63) is 18.2 Å². The van der Waals surface area contributed by atoms with Gasteiger partial charge in [-0.1, -0.05) is 20.3 Å². The third kappa shape index (κ3) is 3.35. The molecule has 2 unspecified atom stereocenters. The molecule has 0 spiro atoms. The van der Waals surface area contributed by atoms with Gasteiger partial charge in [0.1, 0.15) is 5.82 Å². The van der Waals surface area contributed by atoms with E-state index >= 15 is 0 Å². The summed E-state index contributed by atoms with van der Waals surface area (Å²) >= 11 is 0. The van der Waals surface area contributed by atoms with Crippen LogP contribution in [0, 0.1) is 5.92 Å². The molecule has 1 aromatic heterocycles. The number of rotatable bonds is 7. The molecule has 0 radical (unpaired) electrons. The van der Waals surface area contributed by atoms with Gasteiger partial charge in [0.15, 0.2) is 0 Å². The molecule has 102 valence electrons. The molecular weight excluding hydrogens is 222 g/mol. The predicted molar refractivity (Wildman–Crippen MR) is 75.6 cm³/mol. The van der Waals surface area contributed by atoms with Crippen molar-refractivity contribution in [2.45, 2.75) is 65.0 Å². The van der Waals surface area contributed by atoms with Crippen molar-refractivity contribution in [3.8, 4) is 0 Å².